The van der Waals surface area contributed by atoms with Gasteiger partial charge in [-0.05, 0) is 26.2 Å². The Balaban J connectivity index is 2.07. The molecule has 2 aliphatic rings. The fraction of sp³-hybridized carbons (Fsp3) is 1.00. The second-order valence-corrected chi connectivity index (χ2v) is 5.77. The summed E-state index contributed by atoms with van der Waals surface area (Å²) in [6, 6.07) is 1.46. The van der Waals surface area contributed by atoms with Crippen LogP contribution in [-0.2, 0) is 4.74 Å². The number of rotatable bonds is 2. The molecule has 2 heterocycles. The highest BCUT2D eigenvalue weighted by Gasteiger charge is 2.50. The molecular formula is C12H23NO. The number of hydrogen-bond donors (Lipinski definition) is 0. The molecule has 0 aromatic rings. The second-order valence-electron chi connectivity index (χ2n) is 5.77. The Morgan fingerprint density at radius 2 is 1.86 bits per heavy atom. The predicted molar refractivity (Wildman–Crippen MR) is 58.3 cm³/mol. The van der Waals surface area contributed by atoms with Gasteiger partial charge >= 0.3 is 0 Å². The Morgan fingerprint density at radius 1 is 1.21 bits per heavy atom. The molecule has 0 amide bonds. The van der Waals surface area contributed by atoms with Crippen LogP contribution in [-0.4, -0.2) is 36.7 Å². The lowest BCUT2D eigenvalue weighted by molar-refractivity contribution is -0.106. The molecule has 0 saturated carbocycles. The standard InChI is InChI=1S/C12H23NO/c1-9(2)11-5-12(7-14-8-12)6-13(11)10(3)4/h9-11H,5-8H2,1-4H3/t11-/m0/s1. The van der Waals surface area contributed by atoms with E-state index in [1.165, 1.54) is 13.0 Å². The van der Waals surface area contributed by atoms with E-state index in [0.717, 1.165) is 25.2 Å². The maximum atomic E-state index is 5.39. The Bertz CT molecular complexity index is 190. The highest BCUT2D eigenvalue weighted by Crippen LogP contribution is 2.43. The summed E-state index contributed by atoms with van der Waals surface area (Å²) in [4.78, 5) is 2.67. The lowest BCUT2D eigenvalue weighted by Crippen LogP contribution is -2.45. The van der Waals surface area contributed by atoms with E-state index >= 15 is 0 Å². The molecule has 2 nitrogen and oxygen atoms in total. The molecule has 0 radical (unpaired) electrons. The third kappa shape index (κ3) is 1.59. The molecule has 2 fully saturated rings. The van der Waals surface area contributed by atoms with Gasteiger partial charge in [-0.2, -0.15) is 0 Å². The molecule has 2 saturated heterocycles. The monoisotopic (exact) mass is 197 g/mol. The van der Waals surface area contributed by atoms with Crippen LogP contribution >= 0.6 is 0 Å². The molecule has 0 aromatic heterocycles. The number of nitrogens with zero attached hydrogens (tertiary/aromatic N) is 1. The predicted octanol–water partition coefficient (Wildman–Crippen LogP) is 2.14. The van der Waals surface area contributed by atoms with Gasteiger partial charge in [0.05, 0.1) is 13.2 Å². The van der Waals surface area contributed by atoms with Gasteiger partial charge in [0.15, 0.2) is 0 Å². The molecule has 2 heteroatoms. The van der Waals surface area contributed by atoms with Crippen LogP contribution in [0, 0.1) is 11.3 Å². The van der Waals surface area contributed by atoms with Crippen molar-refractivity contribution >= 4 is 0 Å². The van der Waals surface area contributed by atoms with Gasteiger partial charge in [-0.25, -0.2) is 0 Å². The van der Waals surface area contributed by atoms with Crippen LogP contribution in [0.25, 0.3) is 0 Å². The van der Waals surface area contributed by atoms with Crippen molar-refractivity contribution in [3.05, 3.63) is 0 Å². The van der Waals surface area contributed by atoms with Gasteiger partial charge in [0.25, 0.3) is 0 Å². The van der Waals surface area contributed by atoms with Gasteiger partial charge in [0.1, 0.15) is 0 Å². The third-order valence-electron chi connectivity index (χ3n) is 3.84. The normalized spacial score (nSPS) is 31.7. The fourth-order valence-corrected chi connectivity index (χ4v) is 2.91. The summed E-state index contributed by atoms with van der Waals surface area (Å²) in [6.07, 6.45) is 1.35. The molecule has 14 heavy (non-hydrogen) atoms. The second kappa shape index (κ2) is 3.49. The average molecular weight is 197 g/mol. The Kier molecular flexibility index (Phi) is 2.61. The Morgan fingerprint density at radius 3 is 2.14 bits per heavy atom. The van der Waals surface area contributed by atoms with E-state index in [4.69, 9.17) is 4.74 Å². The van der Waals surface area contributed by atoms with Crippen molar-refractivity contribution in [3.8, 4) is 0 Å². The molecule has 2 aliphatic heterocycles. The first-order valence-electron chi connectivity index (χ1n) is 5.88. The smallest absolute Gasteiger partial charge is 0.0557 e. The largest absolute Gasteiger partial charge is 0.380 e. The zero-order valence-corrected chi connectivity index (χ0v) is 9.92. The summed E-state index contributed by atoms with van der Waals surface area (Å²) in [5.41, 5.74) is 0.527. The molecule has 0 aliphatic carbocycles. The summed E-state index contributed by atoms with van der Waals surface area (Å²) in [6.45, 7) is 12.6. The fourth-order valence-electron chi connectivity index (χ4n) is 2.91. The van der Waals surface area contributed by atoms with E-state index in [1.807, 2.05) is 0 Å². The van der Waals surface area contributed by atoms with Crippen LogP contribution < -0.4 is 0 Å². The summed E-state index contributed by atoms with van der Waals surface area (Å²) < 4.78 is 5.39. The maximum Gasteiger partial charge on any atom is 0.0557 e. The Hall–Kier alpha value is -0.0800. The van der Waals surface area contributed by atoms with Gasteiger partial charge < -0.3 is 4.74 Å². The molecule has 0 unspecified atom stereocenters. The lowest BCUT2D eigenvalue weighted by Gasteiger charge is -2.38. The van der Waals surface area contributed by atoms with Crippen molar-refractivity contribution in [1.29, 1.82) is 0 Å². The number of ether oxygens (including phenoxy) is 1. The van der Waals surface area contributed by atoms with Crippen molar-refractivity contribution in [1.82, 2.24) is 4.90 Å². The van der Waals surface area contributed by atoms with E-state index in [2.05, 4.69) is 32.6 Å². The third-order valence-corrected chi connectivity index (χ3v) is 3.84. The van der Waals surface area contributed by atoms with Crippen LogP contribution in [0.15, 0.2) is 0 Å². The van der Waals surface area contributed by atoms with E-state index in [1.54, 1.807) is 0 Å². The van der Waals surface area contributed by atoms with Crippen molar-refractivity contribution in [3.63, 3.8) is 0 Å². The van der Waals surface area contributed by atoms with E-state index in [0.29, 0.717) is 11.5 Å². The van der Waals surface area contributed by atoms with Gasteiger partial charge in [-0.1, -0.05) is 13.8 Å². The summed E-state index contributed by atoms with van der Waals surface area (Å²) in [5.74, 6) is 0.775. The topological polar surface area (TPSA) is 12.5 Å². The highest BCUT2D eigenvalue weighted by molar-refractivity contribution is 5.01. The van der Waals surface area contributed by atoms with Crippen LogP contribution in [0.3, 0.4) is 0 Å². The number of likely N-dealkylation sites (tertiary alicyclic amines) is 1. The summed E-state index contributed by atoms with van der Waals surface area (Å²) in [5, 5.41) is 0. The molecule has 1 atom stereocenters. The highest BCUT2D eigenvalue weighted by atomic mass is 16.5. The molecule has 0 aromatic carbocycles. The molecular weight excluding hydrogens is 174 g/mol. The van der Waals surface area contributed by atoms with Gasteiger partial charge in [-0.15, -0.1) is 0 Å². The number of hydrogen-bond acceptors (Lipinski definition) is 2. The summed E-state index contributed by atoms with van der Waals surface area (Å²) >= 11 is 0. The van der Waals surface area contributed by atoms with E-state index in [-0.39, 0.29) is 0 Å². The van der Waals surface area contributed by atoms with Crippen LogP contribution in [0.5, 0.6) is 0 Å². The SMILES string of the molecule is CC(C)[C@@H]1CC2(COC2)CN1C(C)C. The van der Waals surface area contributed by atoms with E-state index < -0.39 is 0 Å². The molecule has 0 bridgehead atoms. The minimum atomic E-state index is 0.527. The first-order valence-corrected chi connectivity index (χ1v) is 5.88. The van der Waals surface area contributed by atoms with Crippen LogP contribution in [0.4, 0.5) is 0 Å². The zero-order valence-electron chi connectivity index (χ0n) is 9.92. The van der Waals surface area contributed by atoms with Gasteiger partial charge in [0, 0.05) is 24.0 Å². The Labute approximate surface area is 87.6 Å². The van der Waals surface area contributed by atoms with E-state index in [9.17, 15) is 0 Å². The van der Waals surface area contributed by atoms with Crippen molar-refractivity contribution < 1.29 is 4.74 Å². The van der Waals surface area contributed by atoms with Crippen molar-refractivity contribution in [2.75, 3.05) is 19.8 Å². The van der Waals surface area contributed by atoms with Crippen LogP contribution in [0.1, 0.15) is 34.1 Å². The van der Waals surface area contributed by atoms with Gasteiger partial charge in [0.2, 0.25) is 0 Å². The summed E-state index contributed by atoms with van der Waals surface area (Å²) in [7, 11) is 0. The molecule has 2 rings (SSSR count). The zero-order chi connectivity index (χ0) is 10.3. The minimum absolute atomic E-state index is 0.527. The first kappa shape index (κ1) is 10.4. The minimum Gasteiger partial charge on any atom is -0.380 e. The van der Waals surface area contributed by atoms with Crippen molar-refractivity contribution in [2.24, 2.45) is 11.3 Å². The van der Waals surface area contributed by atoms with Crippen molar-refractivity contribution in [2.45, 2.75) is 46.2 Å². The molecule has 0 N–H and O–H groups in total. The average Bonchev–Trinajstić information content (AvgIpc) is 2.42. The van der Waals surface area contributed by atoms with Crippen LogP contribution in [0.2, 0.25) is 0 Å². The lowest BCUT2D eigenvalue weighted by atomic mass is 9.82. The molecule has 82 valence electrons. The van der Waals surface area contributed by atoms with Gasteiger partial charge in [-0.3, -0.25) is 4.90 Å². The molecule has 1 spiro atoms. The maximum absolute atomic E-state index is 5.39. The quantitative estimate of drug-likeness (QED) is 0.672. The first-order chi connectivity index (χ1) is 6.54.